The second-order valence-electron chi connectivity index (χ2n) is 6.81. The molecule has 0 bridgehead atoms. The van der Waals surface area contributed by atoms with E-state index in [-0.39, 0.29) is 5.75 Å². The van der Waals surface area contributed by atoms with E-state index in [4.69, 9.17) is 14.2 Å². The lowest BCUT2D eigenvalue weighted by Crippen LogP contribution is -2.43. The van der Waals surface area contributed by atoms with Gasteiger partial charge in [0, 0.05) is 45.2 Å². The third-order valence-corrected chi connectivity index (χ3v) is 4.70. The summed E-state index contributed by atoms with van der Waals surface area (Å²) in [4.78, 5) is 13.8. The Kier molecular flexibility index (Phi) is 7.08. The highest BCUT2D eigenvalue weighted by atomic mass is 16.6. The second kappa shape index (κ2) is 9.93. The number of piperazine rings is 1. The van der Waals surface area contributed by atoms with E-state index >= 15 is 0 Å². The Hall–Kier alpha value is -3.06. The van der Waals surface area contributed by atoms with Crippen molar-refractivity contribution in [3.63, 3.8) is 0 Å². The predicted octanol–water partition coefficient (Wildman–Crippen LogP) is 2.78. The summed E-state index contributed by atoms with van der Waals surface area (Å²) in [5, 5.41) is 6.66. The number of methoxy groups -OCH3 is 2. The van der Waals surface area contributed by atoms with E-state index in [0.717, 1.165) is 38.3 Å². The van der Waals surface area contributed by atoms with Crippen molar-refractivity contribution < 1.29 is 19.0 Å². The van der Waals surface area contributed by atoms with Gasteiger partial charge in [-0.2, -0.15) is 5.10 Å². The first kappa shape index (κ1) is 20.7. The van der Waals surface area contributed by atoms with E-state index < -0.39 is 5.97 Å². The fourth-order valence-electron chi connectivity index (χ4n) is 3.22. The molecular weight excluding hydrogens is 370 g/mol. The number of nitrogens with zero attached hydrogens (tertiary/aromatic N) is 3. The molecule has 0 radical (unpaired) electrons. The monoisotopic (exact) mass is 397 g/mol. The summed E-state index contributed by atoms with van der Waals surface area (Å²) in [5.41, 5.74) is 2.14. The van der Waals surface area contributed by atoms with Gasteiger partial charge in [-0.25, -0.2) is 0 Å². The van der Waals surface area contributed by atoms with Gasteiger partial charge in [-0.05, 0) is 17.7 Å². The van der Waals surface area contributed by atoms with Crippen LogP contribution in [-0.4, -0.2) is 62.5 Å². The van der Waals surface area contributed by atoms with Crippen LogP contribution in [0.4, 0.5) is 0 Å². The van der Waals surface area contributed by atoms with Gasteiger partial charge in [-0.15, -0.1) is 0 Å². The zero-order chi connectivity index (χ0) is 20.6. The number of benzene rings is 2. The van der Waals surface area contributed by atoms with Gasteiger partial charge in [0.2, 0.25) is 5.75 Å². The molecule has 0 amide bonds. The molecule has 1 aliphatic heterocycles. The maximum absolute atomic E-state index is 11.3. The minimum absolute atomic E-state index is 0.272. The topological polar surface area (TPSA) is 63.6 Å². The van der Waals surface area contributed by atoms with E-state index in [1.807, 2.05) is 6.07 Å². The molecule has 2 aromatic carbocycles. The molecule has 154 valence electrons. The maximum Gasteiger partial charge on any atom is 0.308 e. The van der Waals surface area contributed by atoms with Crippen molar-refractivity contribution in [2.75, 3.05) is 40.4 Å². The lowest BCUT2D eigenvalue weighted by atomic mass is 10.2. The number of carbonyl (C=O) groups excluding carboxylic acids is 1. The van der Waals surface area contributed by atoms with Crippen molar-refractivity contribution in [3.05, 3.63) is 53.6 Å². The zero-order valence-electron chi connectivity index (χ0n) is 17.1. The molecule has 2 aromatic rings. The largest absolute Gasteiger partial charge is 0.493 e. The summed E-state index contributed by atoms with van der Waals surface area (Å²) < 4.78 is 15.9. The number of hydrazone groups is 1. The van der Waals surface area contributed by atoms with Gasteiger partial charge in [0.15, 0.2) is 11.5 Å². The van der Waals surface area contributed by atoms with Gasteiger partial charge in [0.05, 0.1) is 20.4 Å². The molecular formula is C22H27N3O4. The normalized spacial score (nSPS) is 14.8. The third kappa shape index (κ3) is 5.71. The summed E-state index contributed by atoms with van der Waals surface area (Å²) in [6.07, 6.45) is 1.77. The number of rotatable bonds is 7. The molecule has 0 N–H and O–H groups in total. The van der Waals surface area contributed by atoms with Crippen molar-refractivity contribution >= 4 is 12.2 Å². The Morgan fingerprint density at radius 2 is 1.66 bits per heavy atom. The van der Waals surface area contributed by atoms with Crippen molar-refractivity contribution in [1.82, 2.24) is 9.91 Å². The van der Waals surface area contributed by atoms with Crippen molar-refractivity contribution in [3.8, 4) is 17.2 Å². The molecule has 1 heterocycles. The molecule has 3 rings (SSSR count). The Balaban J connectivity index is 1.62. The van der Waals surface area contributed by atoms with Crippen molar-refractivity contribution in [1.29, 1.82) is 0 Å². The standard InChI is InChI=1S/C22H27N3O4/c1-17(26)29-22-20(27-2)13-19(14-21(22)28-3)15-23-25-11-9-24(10-12-25)16-18-7-5-4-6-8-18/h4-8,13-15H,9-12,16H2,1-3H3/b23-15+. The van der Waals surface area contributed by atoms with Crippen molar-refractivity contribution in [2.45, 2.75) is 13.5 Å². The Morgan fingerprint density at radius 3 is 2.21 bits per heavy atom. The summed E-state index contributed by atoms with van der Waals surface area (Å²) in [7, 11) is 3.04. The van der Waals surface area contributed by atoms with Gasteiger partial charge < -0.3 is 14.2 Å². The predicted molar refractivity (Wildman–Crippen MR) is 112 cm³/mol. The van der Waals surface area contributed by atoms with Crippen LogP contribution in [0.3, 0.4) is 0 Å². The number of carbonyl (C=O) groups is 1. The highest BCUT2D eigenvalue weighted by molar-refractivity contribution is 5.83. The van der Waals surface area contributed by atoms with Crippen LogP contribution in [0.1, 0.15) is 18.1 Å². The smallest absolute Gasteiger partial charge is 0.308 e. The fraction of sp³-hybridized carbons (Fsp3) is 0.364. The summed E-state index contributed by atoms with van der Waals surface area (Å²) >= 11 is 0. The molecule has 0 aromatic heterocycles. The average Bonchev–Trinajstić information content (AvgIpc) is 2.74. The molecule has 0 aliphatic carbocycles. The van der Waals surface area contributed by atoms with Gasteiger partial charge in [-0.1, -0.05) is 30.3 Å². The minimum Gasteiger partial charge on any atom is -0.493 e. The van der Waals surface area contributed by atoms with E-state index in [9.17, 15) is 4.79 Å². The molecule has 7 heteroatoms. The maximum atomic E-state index is 11.3. The lowest BCUT2D eigenvalue weighted by molar-refractivity contribution is -0.132. The Labute approximate surface area is 171 Å². The lowest BCUT2D eigenvalue weighted by Gasteiger charge is -2.33. The van der Waals surface area contributed by atoms with E-state index in [2.05, 4.69) is 39.3 Å². The molecule has 1 saturated heterocycles. The first-order valence-corrected chi connectivity index (χ1v) is 9.58. The SMILES string of the molecule is COc1cc(/C=N/N2CCN(Cc3ccccc3)CC2)cc(OC)c1OC(C)=O. The van der Waals surface area contributed by atoms with Gasteiger partial charge in [-0.3, -0.25) is 14.7 Å². The van der Waals surface area contributed by atoms with E-state index in [1.165, 1.54) is 26.7 Å². The number of ether oxygens (including phenoxy) is 3. The quantitative estimate of drug-likeness (QED) is 0.407. The van der Waals surface area contributed by atoms with Gasteiger partial charge in [0.1, 0.15) is 0 Å². The Bertz CT molecular complexity index is 821. The molecule has 0 atom stereocenters. The molecule has 0 unspecified atom stereocenters. The van der Waals surface area contributed by atoms with Gasteiger partial charge in [0.25, 0.3) is 0 Å². The molecule has 1 fully saturated rings. The van der Waals surface area contributed by atoms with Gasteiger partial charge >= 0.3 is 5.97 Å². The van der Waals surface area contributed by atoms with Crippen LogP contribution in [0.5, 0.6) is 17.2 Å². The molecule has 0 spiro atoms. The highest BCUT2D eigenvalue weighted by Gasteiger charge is 2.17. The van der Waals surface area contributed by atoms with Crippen molar-refractivity contribution in [2.24, 2.45) is 5.10 Å². The zero-order valence-corrected chi connectivity index (χ0v) is 17.1. The van der Waals surface area contributed by atoms with Crippen LogP contribution in [0, 0.1) is 0 Å². The summed E-state index contributed by atoms with van der Waals surface area (Å²) in [6, 6.07) is 14.1. The first-order chi connectivity index (χ1) is 14.1. The number of hydrogen-bond acceptors (Lipinski definition) is 7. The van der Waals surface area contributed by atoms with Crippen LogP contribution < -0.4 is 14.2 Å². The second-order valence-corrected chi connectivity index (χ2v) is 6.81. The highest BCUT2D eigenvalue weighted by Crippen LogP contribution is 2.38. The molecule has 29 heavy (non-hydrogen) atoms. The molecule has 0 saturated carbocycles. The fourth-order valence-corrected chi connectivity index (χ4v) is 3.22. The van der Waals surface area contributed by atoms with Crippen LogP contribution in [0.15, 0.2) is 47.6 Å². The van der Waals surface area contributed by atoms with E-state index in [0.29, 0.717) is 11.5 Å². The summed E-state index contributed by atoms with van der Waals surface area (Å²) in [5.74, 6) is 0.688. The average molecular weight is 397 g/mol. The molecule has 7 nitrogen and oxygen atoms in total. The third-order valence-electron chi connectivity index (χ3n) is 4.70. The van der Waals surface area contributed by atoms with Crippen LogP contribution in [0.2, 0.25) is 0 Å². The summed E-state index contributed by atoms with van der Waals surface area (Å²) in [6.45, 7) is 5.96. The van der Waals surface area contributed by atoms with E-state index in [1.54, 1.807) is 18.3 Å². The van der Waals surface area contributed by atoms with Crippen LogP contribution in [0.25, 0.3) is 0 Å². The first-order valence-electron chi connectivity index (χ1n) is 9.58. The Morgan fingerprint density at radius 1 is 1.03 bits per heavy atom. The number of hydrogen-bond donors (Lipinski definition) is 0. The van der Waals surface area contributed by atoms with Crippen LogP contribution >= 0.6 is 0 Å². The van der Waals surface area contributed by atoms with Crippen LogP contribution in [-0.2, 0) is 11.3 Å². The molecule has 1 aliphatic rings. The number of esters is 1. The minimum atomic E-state index is -0.434.